The number of aryl methyl sites for hydroxylation is 1. The molecule has 0 unspecified atom stereocenters. The number of hydrogen-bond acceptors (Lipinski definition) is 5. The van der Waals surface area contributed by atoms with Crippen molar-refractivity contribution >= 4 is 0 Å². The van der Waals surface area contributed by atoms with Crippen molar-refractivity contribution < 1.29 is 4.52 Å². The highest BCUT2D eigenvalue weighted by Crippen LogP contribution is 2.20. The van der Waals surface area contributed by atoms with Crippen LogP contribution in [-0.2, 0) is 13.1 Å². The first-order valence-corrected chi connectivity index (χ1v) is 9.12. The van der Waals surface area contributed by atoms with E-state index in [1.54, 1.807) is 0 Å². The molecule has 0 atom stereocenters. The van der Waals surface area contributed by atoms with E-state index in [0.29, 0.717) is 0 Å². The molecule has 1 aromatic carbocycles. The Morgan fingerprint density at radius 1 is 0.885 bits per heavy atom. The van der Waals surface area contributed by atoms with Crippen molar-refractivity contribution in [2.24, 2.45) is 0 Å². The van der Waals surface area contributed by atoms with Crippen LogP contribution in [0.3, 0.4) is 0 Å². The van der Waals surface area contributed by atoms with Gasteiger partial charge < -0.3 is 4.52 Å². The van der Waals surface area contributed by atoms with Crippen LogP contribution in [0.25, 0.3) is 11.1 Å². The topological polar surface area (TPSA) is 45.4 Å². The number of rotatable bonds is 5. The van der Waals surface area contributed by atoms with E-state index in [4.69, 9.17) is 4.52 Å². The maximum atomic E-state index is 5.34. The Hall–Kier alpha value is -2.50. The molecule has 0 N–H and O–H groups in total. The van der Waals surface area contributed by atoms with E-state index in [0.717, 1.165) is 50.7 Å². The molecular formula is C21H24N4O. The number of pyridine rings is 1. The summed E-state index contributed by atoms with van der Waals surface area (Å²) in [4.78, 5) is 9.06. The highest BCUT2D eigenvalue weighted by atomic mass is 16.5. The van der Waals surface area contributed by atoms with Gasteiger partial charge in [0.1, 0.15) is 0 Å². The van der Waals surface area contributed by atoms with E-state index in [-0.39, 0.29) is 0 Å². The van der Waals surface area contributed by atoms with Gasteiger partial charge in [-0.2, -0.15) is 0 Å². The van der Waals surface area contributed by atoms with Crippen LogP contribution in [0.5, 0.6) is 0 Å². The normalized spacial score (nSPS) is 16.0. The van der Waals surface area contributed by atoms with Gasteiger partial charge in [0.15, 0.2) is 5.76 Å². The molecule has 2 aromatic heterocycles. The summed E-state index contributed by atoms with van der Waals surface area (Å²) in [5.74, 6) is 0.959. The smallest absolute Gasteiger partial charge is 0.150 e. The van der Waals surface area contributed by atoms with Crippen LogP contribution in [-0.4, -0.2) is 46.1 Å². The lowest BCUT2D eigenvalue weighted by molar-refractivity contribution is 0.113. The lowest BCUT2D eigenvalue weighted by Crippen LogP contribution is -2.45. The van der Waals surface area contributed by atoms with Gasteiger partial charge in [-0.3, -0.25) is 14.8 Å². The third kappa shape index (κ3) is 4.18. The van der Waals surface area contributed by atoms with E-state index in [9.17, 15) is 0 Å². The number of benzene rings is 1. The summed E-state index contributed by atoms with van der Waals surface area (Å²) in [5.41, 5.74) is 4.78. The van der Waals surface area contributed by atoms with Gasteiger partial charge in [-0.05, 0) is 41.8 Å². The summed E-state index contributed by atoms with van der Waals surface area (Å²) < 4.78 is 5.34. The van der Waals surface area contributed by atoms with Crippen molar-refractivity contribution in [3.8, 4) is 11.1 Å². The van der Waals surface area contributed by atoms with Crippen molar-refractivity contribution in [1.29, 1.82) is 0 Å². The van der Waals surface area contributed by atoms with Crippen molar-refractivity contribution in [2.75, 3.05) is 26.2 Å². The Bertz CT molecular complexity index is 838. The van der Waals surface area contributed by atoms with Crippen LogP contribution in [0.2, 0.25) is 0 Å². The predicted octanol–water partition coefficient (Wildman–Crippen LogP) is 3.36. The van der Waals surface area contributed by atoms with Gasteiger partial charge in [0.05, 0.1) is 12.2 Å². The van der Waals surface area contributed by atoms with Crippen molar-refractivity contribution in [3.63, 3.8) is 0 Å². The molecule has 5 nitrogen and oxygen atoms in total. The summed E-state index contributed by atoms with van der Waals surface area (Å²) in [6.07, 6.45) is 3.69. The summed E-state index contributed by atoms with van der Waals surface area (Å²) in [6.45, 7) is 8.08. The second-order valence-electron chi connectivity index (χ2n) is 6.92. The van der Waals surface area contributed by atoms with Crippen LogP contribution in [0.4, 0.5) is 0 Å². The lowest BCUT2D eigenvalue weighted by atomic mass is 10.0. The number of nitrogens with zero attached hydrogens (tertiary/aromatic N) is 4. The second-order valence-corrected chi connectivity index (χ2v) is 6.92. The van der Waals surface area contributed by atoms with E-state index in [1.807, 2.05) is 25.4 Å². The average molecular weight is 348 g/mol. The van der Waals surface area contributed by atoms with Crippen molar-refractivity contribution in [1.82, 2.24) is 19.9 Å². The minimum atomic E-state index is 0.853. The average Bonchev–Trinajstić information content (AvgIpc) is 3.09. The Morgan fingerprint density at radius 2 is 1.62 bits per heavy atom. The predicted molar refractivity (Wildman–Crippen MR) is 101 cm³/mol. The van der Waals surface area contributed by atoms with Gasteiger partial charge in [0, 0.05) is 51.2 Å². The van der Waals surface area contributed by atoms with Gasteiger partial charge >= 0.3 is 0 Å². The van der Waals surface area contributed by atoms with Crippen LogP contribution in [0.15, 0.2) is 59.4 Å². The summed E-state index contributed by atoms with van der Waals surface area (Å²) in [7, 11) is 0. The second kappa shape index (κ2) is 7.81. The number of hydrogen-bond donors (Lipinski definition) is 0. The van der Waals surface area contributed by atoms with Crippen LogP contribution in [0.1, 0.15) is 17.0 Å². The fourth-order valence-electron chi connectivity index (χ4n) is 3.47. The Balaban J connectivity index is 1.33. The van der Waals surface area contributed by atoms with Crippen LogP contribution >= 0.6 is 0 Å². The SMILES string of the molecule is Cc1cc(CN2CCN(Cc3cccc(-c4ccncc4)c3)CC2)on1. The van der Waals surface area contributed by atoms with Gasteiger partial charge in [0.25, 0.3) is 0 Å². The Labute approximate surface area is 154 Å². The third-order valence-electron chi connectivity index (χ3n) is 4.87. The minimum absolute atomic E-state index is 0.853. The highest BCUT2D eigenvalue weighted by molar-refractivity contribution is 5.63. The lowest BCUT2D eigenvalue weighted by Gasteiger charge is -2.34. The maximum Gasteiger partial charge on any atom is 0.150 e. The molecule has 0 amide bonds. The van der Waals surface area contributed by atoms with Gasteiger partial charge in [0.2, 0.25) is 0 Å². The molecule has 4 rings (SSSR count). The van der Waals surface area contributed by atoms with E-state index in [2.05, 4.69) is 56.3 Å². The Morgan fingerprint density at radius 3 is 2.31 bits per heavy atom. The number of piperazine rings is 1. The van der Waals surface area contributed by atoms with Crippen molar-refractivity contribution in [2.45, 2.75) is 20.0 Å². The molecule has 1 saturated heterocycles. The fourth-order valence-corrected chi connectivity index (χ4v) is 3.47. The molecular weight excluding hydrogens is 324 g/mol. The molecule has 0 aliphatic carbocycles. The van der Waals surface area contributed by atoms with Crippen LogP contribution < -0.4 is 0 Å². The van der Waals surface area contributed by atoms with E-state index in [1.165, 1.54) is 16.7 Å². The molecule has 5 heteroatoms. The zero-order chi connectivity index (χ0) is 17.8. The summed E-state index contributed by atoms with van der Waals surface area (Å²) >= 11 is 0. The number of aromatic nitrogens is 2. The molecule has 0 bridgehead atoms. The first-order chi connectivity index (χ1) is 12.8. The standard InChI is InChI=1S/C21H24N4O/c1-17-13-21(26-23-17)16-25-11-9-24(10-12-25)15-18-3-2-4-20(14-18)19-5-7-22-8-6-19/h2-8,13-14H,9-12,15-16H2,1H3. The van der Waals surface area contributed by atoms with Crippen LogP contribution in [0, 0.1) is 6.92 Å². The monoisotopic (exact) mass is 348 g/mol. The molecule has 1 aliphatic heterocycles. The quantitative estimate of drug-likeness (QED) is 0.707. The summed E-state index contributed by atoms with van der Waals surface area (Å²) in [6, 6.07) is 15.0. The Kier molecular flexibility index (Phi) is 5.09. The van der Waals surface area contributed by atoms with E-state index >= 15 is 0 Å². The first kappa shape index (κ1) is 16.9. The minimum Gasteiger partial charge on any atom is -0.360 e. The third-order valence-corrected chi connectivity index (χ3v) is 4.87. The van der Waals surface area contributed by atoms with Crippen molar-refractivity contribution in [3.05, 3.63) is 71.9 Å². The molecule has 1 fully saturated rings. The first-order valence-electron chi connectivity index (χ1n) is 9.12. The zero-order valence-corrected chi connectivity index (χ0v) is 15.1. The molecule has 3 aromatic rings. The molecule has 1 aliphatic rings. The molecule has 0 spiro atoms. The highest BCUT2D eigenvalue weighted by Gasteiger charge is 2.18. The molecule has 26 heavy (non-hydrogen) atoms. The van der Waals surface area contributed by atoms with Gasteiger partial charge in [-0.15, -0.1) is 0 Å². The fraction of sp³-hybridized carbons (Fsp3) is 0.333. The molecule has 134 valence electrons. The van der Waals surface area contributed by atoms with Gasteiger partial charge in [-0.25, -0.2) is 0 Å². The molecule has 0 saturated carbocycles. The zero-order valence-electron chi connectivity index (χ0n) is 15.1. The maximum absolute atomic E-state index is 5.34. The molecule has 0 radical (unpaired) electrons. The summed E-state index contributed by atoms with van der Waals surface area (Å²) in [5, 5.41) is 3.97. The van der Waals surface area contributed by atoms with Gasteiger partial charge in [-0.1, -0.05) is 23.4 Å². The largest absolute Gasteiger partial charge is 0.360 e. The molecule has 3 heterocycles. The van der Waals surface area contributed by atoms with E-state index < -0.39 is 0 Å².